The molecular weight excluding hydrogens is 378 g/mol. The minimum atomic E-state index is -0.156. The standard InChI is InChI=1S/C22H21N7O/c1-30-19-17(4-2-11-24-19)18-27-20(29-28-18)22(9-3-10-22)16-7-5-14(6-8-16)15-12-25-21(23)26-13-15/h2,4-8,11-13H,3,9-10H2,1H3,(H2,23,25,26)(H,27,28,29). The summed E-state index contributed by atoms with van der Waals surface area (Å²) in [6, 6.07) is 12.2. The molecule has 0 radical (unpaired) electrons. The monoisotopic (exact) mass is 399 g/mol. The molecule has 0 aliphatic heterocycles. The van der Waals surface area contributed by atoms with E-state index in [1.165, 1.54) is 5.56 Å². The number of ether oxygens (including phenoxy) is 1. The highest BCUT2D eigenvalue weighted by Crippen LogP contribution is 2.48. The maximum atomic E-state index is 5.59. The van der Waals surface area contributed by atoms with Gasteiger partial charge in [-0.3, -0.25) is 5.10 Å². The molecule has 0 atom stereocenters. The number of aromatic nitrogens is 6. The summed E-state index contributed by atoms with van der Waals surface area (Å²) >= 11 is 0. The molecule has 5 rings (SSSR count). The van der Waals surface area contributed by atoms with Crippen LogP contribution in [0.4, 0.5) is 5.95 Å². The Morgan fingerprint density at radius 3 is 2.43 bits per heavy atom. The second kappa shape index (κ2) is 7.22. The van der Waals surface area contributed by atoms with Crippen molar-refractivity contribution in [1.82, 2.24) is 30.1 Å². The van der Waals surface area contributed by atoms with Crippen LogP contribution in [0.15, 0.2) is 55.0 Å². The van der Waals surface area contributed by atoms with Crippen LogP contribution in [0.5, 0.6) is 5.88 Å². The summed E-state index contributed by atoms with van der Waals surface area (Å²) in [5.74, 6) is 2.26. The number of rotatable bonds is 5. The van der Waals surface area contributed by atoms with E-state index in [0.717, 1.165) is 41.8 Å². The van der Waals surface area contributed by atoms with Gasteiger partial charge < -0.3 is 10.5 Å². The first-order chi connectivity index (χ1) is 14.7. The smallest absolute Gasteiger partial charge is 0.224 e. The van der Waals surface area contributed by atoms with Crippen LogP contribution in [0, 0.1) is 0 Å². The van der Waals surface area contributed by atoms with Gasteiger partial charge in [-0.25, -0.2) is 19.9 Å². The summed E-state index contributed by atoms with van der Waals surface area (Å²) in [6.45, 7) is 0. The third-order valence-electron chi connectivity index (χ3n) is 5.79. The average Bonchev–Trinajstić information content (AvgIpc) is 3.24. The van der Waals surface area contributed by atoms with Crippen molar-refractivity contribution in [3.8, 4) is 28.4 Å². The zero-order chi connectivity index (χ0) is 20.6. The van der Waals surface area contributed by atoms with Crippen molar-refractivity contribution in [2.24, 2.45) is 0 Å². The Morgan fingerprint density at radius 1 is 1.00 bits per heavy atom. The summed E-state index contributed by atoms with van der Waals surface area (Å²) in [7, 11) is 1.60. The number of benzene rings is 1. The van der Waals surface area contributed by atoms with Crippen LogP contribution in [-0.2, 0) is 5.41 Å². The van der Waals surface area contributed by atoms with E-state index in [1.807, 2.05) is 12.1 Å². The summed E-state index contributed by atoms with van der Waals surface area (Å²) in [6.07, 6.45) is 8.37. The van der Waals surface area contributed by atoms with E-state index in [0.29, 0.717) is 11.7 Å². The molecular formula is C22H21N7O. The average molecular weight is 399 g/mol. The lowest BCUT2D eigenvalue weighted by atomic mass is 9.64. The molecule has 1 aliphatic carbocycles. The zero-order valence-electron chi connectivity index (χ0n) is 16.5. The molecule has 150 valence electrons. The maximum absolute atomic E-state index is 5.59. The molecule has 4 aromatic rings. The molecule has 0 amide bonds. The number of hydrogen-bond acceptors (Lipinski definition) is 7. The van der Waals surface area contributed by atoms with Gasteiger partial charge in [0, 0.05) is 24.2 Å². The molecule has 0 saturated heterocycles. The molecule has 8 nitrogen and oxygen atoms in total. The number of nitrogens with one attached hydrogen (secondary N) is 1. The van der Waals surface area contributed by atoms with Crippen molar-refractivity contribution < 1.29 is 4.74 Å². The second-order valence-electron chi connectivity index (χ2n) is 7.41. The predicted octanol–water partition coefficient (Wildman–Crippen LogP) is 3.38. The number of nitrogens with zero attached hydrogens (tertiary/aromatic N) is 5. The van der Waals surface area contributed by atoms with Crippen LogP contribution < -0.4 is 10.5 Å². The van der Waals surface area contributed by atoms with Crippen LogP contribution in [0.1, 0.15) is 30.7 Å². The number of nitrogen functional groups attached to an aromatic ring is 1. The maximum Gasteiger partial charge on any atom is 0.224 e. The first kappa shape index (κ1) is 18.2. The molecule has 1 aromatic carbocycles. The fourth-order valence-corrected chi connectivity index (χ4v) is 3.98. The molecule has 30 heavy (non-hydrogen) atoms. The van der Waals surface area contributed by atoms with Crippen molar-refractivity contribution in [3.63, 3.8) is 0 Å². The first-order valence-corrected chi connectivity index (χ1v) is 9.80. The van der Waals surface area contributed by atoms with E-state index in [-0.39, 0.29) is 11.4 Å². The quantitative estimate of drug-likeness (QED) is 0.528. The van der Waals surface area contributed by atoms with E-state index >= 15 is 0 Å². The number of pyridine rings is 1. The Hall–Kier alpha value is -3.81. The van der Waals surface area contributed by atoms with Gasteiger partial charge in [-0.15, -0.1) is 0 Å². The molecule has 8 heteroatoms. The summed E-state index contributed by atoms with van der Waals surface area (Å²) in [5, 5.41) is 7.63. The molecule has 1 aliphatic rings. The van der Waals surface area contributed by atoms with Crippen molar-refractivity contribution in [1.29, 1.82) is 0 Å². The van der Waals surface area contributed by atoms with Gasteiger partial charge in [0.05, 0.1) is 18.1 Å². The van der Waals surface area contributed by atoms with Crippen LogP contribution in [0.25, 0.3) is 22.5 Å². The largest absolute Gasteiger partial charge is 0.480 e. The number of H-pyrrole nitrogens is 1. The lowest BCUT2D eigenvalue weighted by Crippen LogP contribution is -2.36. The second-order valence-corrected chi connectivity index (χ2v) is 7.41. The van der Waals surface area contributed by atoms with Crippen LogP contribution in [0.2, 0.25) is 0 Å². The Kier molecular flexibility index (Phi) is 4.39. The minimum Gasteiger partial charge on any atom is -0.480 e. The van der Waals surface area contributed by atoms with E-state index in [1.54, 1.807) is 25.7 Å². The van der Waals surface area contributed by atoms with Gasteiger partial charge in [-0.1, -0.05) is 30.7 Å². The van der Waals surface area contributed by atoms with Gasteiger partial charge in [-0.2, -0.15) is 5.10 Å². The number of anilines is 1. The third-order valence-corrected chi connectivity index (χ3v) is 5.79. The van der Waals surface area contributed by atoms with Gasteiger partial charge in [0.15, 0.2) is 5.82 Å². The van der Waals surface area contributed by atoms with Gasteiger partial charge >= 0.3 is 0 Å². The molecule has 3 heterocycles. The fraction of sp³-hybridized carbons (Fsp3) is 0.227. The Bertz CT molecular complexity index is 1160. The molecule has 1 fully saturated rings. The highest BCUT2D eigenvalue weighted by atomic mass is 16.5. The summed E-state index contributed by atoms with van der Waals surface area (Å²) < 4.78 is 5.36. The zero-order valence-corrected chi connectivity index (χ0v) is 16.5. The van der Waals surface area contributed by atoms with Crippen molar-refractivity contribution >= 4 is 5.95 Å². The Morgan fingerprint density at radius 2 is 1.77 bits per heavy atom. The van der Waals surface area contributed by atoms with Gasteiger partial charge in [-0.05, 0) is 36.1 Å². The highest BCUT2D eigenvalue weighted by molar-refractivity contribution is 5.63. The predicted molar refractivity (Wildman–Crippen MR) is 113 cm³/mol. The molecule has 1 saturated carbocycles. The molecule has 0 spiro atoms. The summed E-state index contributed by atoms with van der Waals surface area (Å²) in [5.41, 5.74) is 9.41. The third kappa shape index (κ3) is 2.97. The molecule has 3 aromatic heterocycles. The first-order valence-electron chi connectivity index (χ1n) is 9.80. The normalized spacial score (nSPS) is 14.8. The van der Waals surface area contributed by atoms with E-state index < -0.39 is 0 Å². The molecule has 3 N–H and O–H groups in total. The van der Waals surface area contributed by atoms with Crippen molar-refractivity contribution in [2.75, 3.05) is 12.8 Å². The van der Waals surface area contributed by atoms with Crippen molar-refractivity contribution in [2.45, 2.75) is 24.7 Å². The number of nitrogens with two attached hydrogens (primary N) is 1. The van der Waals surface area contributed by atoms with Crippen molar-refractivity contribution in [3.05, 3.63) is 66.4 Å². The lowest BCUT2D eigenvalue weighted by Gasteiger charge is -2.40. The number of aromatic amines is 1. The number of hydrogen-bond donors (Lipinski definition) is 2. The van der Waals surface area contributed by atoms with Gasteiger partial charge in [0.2, 0.25) is 11.8 Å². The number of methoxy groups -OCH3 is 1. The van der Waals surface area contributed by atoms with Crippen LogP contribution >= 0.6 is 0 Å². The Balaban J connectivity index is 1.48. The topological polar surface area (TPSA) is 115 Å². The minimum absolute atomic E-state index is 0.156. The van der Waals surface area contributed by atoms with Gasteiger partial charge in [0.1, 0.15) is 5.82 Å². The SMILES string of the molecule is COc1ncccc1-c1n[nH]c(C2(c3ccc(-c4cnc(N)nc4)cc3)CCC2)n1. The van der Waals surface area contributed by atoms with E-state index in [9.17, 15) is 0 Å². The Labute approximate surface area is 173 Å². The van der Waals surface area contributed by atoms with Crippen LogP contribution in [0.3, 0.4) is 0 Å². The van der Waals surface area contributed by atoms with Gasteiger partial charge in [0.25, 0.3) is 0 Å². The van der Waals surface area contributed by atoms with Crippen LogP contribution in [-0.4, -0.2) is 37.2 Å². The van der Waals surface area contributed by atoms with E-state index in [4.69, 9.17) is 15.5 Å². The molecule has 0 unspecified atom stereocenters. The highest BCUT2D eigenvalue weighted by Gasteiger charge is 2.43. The fourth-order valence-electron chi connectivity index (χ4n) is 3.98. The van der Waals surface area contributed by atoms with E-state index in [2.05, 4.69) is 49.4 Å². The summed E-state index contributed by atoms with van der Waals surface area (Å²) in [4.78, 5) is 17.2. The molecule has 0 bridgehead atoms. The lowest BCUT2D eigenvalue weighted by molar-refractivity contribution is 0.286.